The number of hydrogen-bond acceptors (Lipinski definition) is 2. The van der Waals surface area contributed by atoms with Crippen molar-refractivity contribution < 1.29 is 4.74 Å². The first-order valence-electron chi connectivity index (χ1n) is 6.76. The highest BCUT2D eigenvalue weighted by molar-refractivity contribution is 5.86. The average molecular weight is 266 g/mol. The Bertz CT molecular complexity index is 716. The molecular formula is C17H18N2O. The fourth-order valence-electron chi connectivity index (χ4n) is 2.45. The van der Waals surface area contributed by atoms with Crippen LogP contribution in [0.25, 0.3) is 10.9 Å². The van der Waals surface area contributed by atoms with Crippen LogP contribution in [0, 0.1) is 6.92 Å². The van der Waals surface area contributed by atoms with Crippen molar-refractivity contribution in [2.24, 2.45) is 0 Å². The van der Waals surface area contributed by atoms with Gasteiger partial charge in [-0.15, -0.1) is 0 Å². The standard InChI is InChI=1S/C17H18N2O/c1-12-16(11-18-2)15-10-14(8-9-17(15)19-12)20-13-6-4-3-5-7-13/h3-10,18-19H,11H2,1-2H3. The lowest BCUT2D eigenvalue weighted by Gasteiger charge is -2.06. The number of ether oxygens (including phenoxy) is 1. The molecule has 0 saturated carbocycles. The van der Waals surface area contributed by atoms with Crippen molar-refractivity contribution in [3.05, 3.63) is 59.8 Å². The molecule has 20 heavy (non-hydrogen) atoms. The number of H-pyrrole nitrogens is 1. The van der Waals surface area contributed by atoms with E-state index in [1.165, 1.54) is 16.6 Å². The van der Waals surface area contributed by atoms with Crippen LogP contribution in [0.15, 0.2) is 48.5 Å². The topological polar surface area (TPSA) is 37.0 Å². The molecule has 0 radical (unpaired) electrons. The van der Waals surface area contributed by atoms with Gasteiger partial charge in [-0.1, -0.05) is 18.2 Å². The molecule has 2 N–H and O–H groups in total. The zero-order chi connectivity index (χ0) is 13.9. The number of rotatable bonds is 4. The van der Waals surface area contributed by atoms with Crippen molar-refractivity contribution in [1.29, 1.82) is 0 Å². The van der Waals surface area contributed by atoms with Crippen molar-refractivity contribution in [2.45, 2.75) is 13.5 Å². The molecule has 2 aromatic carbocycles. The van der Waals surface area contributed by atoms with Crippen LogP contribution in [-0.4, -0.2) is 12.0 Å². The van der Waals surface area contributed by atoms with Crippen LogP contribution in [0.2, 0.25) is 0 Å². The first-order valence-corrected chi connectivity index (χ1v) is 6.76. The lowest BCUT2D eigenvalue weighted by Crippen LogP contribution is -2.05. The number of aromatic nitrogens is 1. The van der Waals surface area contributed by atoms with Crippen molar-refractivity contribution in [2.75, 3.05) is 7.05 Å². The summed E-state index contributed by atoms with van der Waals surface area (Å²) in [6.07, 6.45) is 0. The molecule has 102 valence electrons. The highest BCUT2D eigenvalue weighted by atomic mass is 16.5. The molecule has 3 aromatic rings. The maximum absolute atomic E-state index is 5.89. The summed E-state index contributed by atoms with van der Waals surface area (Å²) in [4.78, 5) is 3.41. The molecule has 1 heterocycles. The highest BCUT2D eigenvalue weighted by Gasteiger charge is 2.09. The van der Waals surface area contributed by atoms with Gasteiger partial charge in [0.15, 0.2) is 0 Å². The fourth-order valence-corrected chi connectivity index (χ4v) is 2.45. The van der Waals surface area contributed by atoms with E-state index in [9.17, 15) is 0 Å². The van der Waals surface area contributed by atoms with Crippen molar-refractivity contribution in [1.82, 2.24) is 10.3 Å². The first kappa shape index (κ1) is 12.8. The molecule has 0 atom stereocenters. The summed E-state index contributed by atoms with van der Waals surface area (Å²) in [7, 11) is 1.96. The van der Waals surface area contributed by atoms with E-state index in [4.69, 9.17) is 4.74 Å². The third-order valence-electron chi connectivity index (χ3n) is 3.42. The zero-order valence-electron chi connectivity index (χ0n) is 11.7. The van der Waals surface area contributed by atoms with E-state index >= 15 is 0 Å². The van der Waals surface area contributed by atoms with E-state index in [2.05, 4.69) is 29.4 Å². The second kappa shape index (κ2) is 5.39. The fraction of sp³-hybridized carbons (Fsp3) is 0.176. The summed E-state index contributed by atoms with van der Waals surface area (Å²) >= 11 is 0. The van der Waals surface area contributed by atoms with Gasteiger partial charge in [-0.05, 0) is 49.9 Å². The monoisotopic (exact) mass is 266 g/mol. The van der Waals surface area contributed by atoms with Gasteiger partial charge in [-0.3, -0.25) is 0 Å². The largest absolute Gasteiger partial charge is 0.457 e. The molecule has 0 unspecified atom stereocenters. The smallest absolute Gasteiger partial charge is 0.128 e. The van der Waals surface area contributed by atoms with Crippen LogP contribution in [0.1, 0.15) is 11.3 Å². The Morgan fingerprint density at radius 3 is 2.60 bits per heavy atom. The van der Waals surface area contributed by atoms with Gasteiger partial charge in [-0.25, -0.2) is 0 Å². The van der Waals surface area contributed by atoms with Gasteiger partial charge in [-0.2, -0.15) is 0 Å². The van der Waals surface area contributed by atoms with Gasteiger partial charge < -0.3 is 15.0 Å². The van der Waals surface area contributed by atoms with Crippen LogP contribution in [0.4, 0.5) is 0 Å². The maximum atomic E-state index is 5.89. The zero-order valence-corrected chi connectivity index (χ0v) is 11.7. The van der Waals surface area contributed by atoms with Gasteiger partial charge in [0.2, 0.25) is 0 Å². The van der Waals surface area contributed by atoms with Crippen LogP contribution in [0.3, 0.4) is 0 Å². The number of aromatic amines is 1. The normalized spacial score (nSPS) is 10.9. The molecule has 3 rings (SSSR count). The van der Waals surface area contributed by atoms with E-state index in [1.807, 2.05) is 43.4 Å². The van der Waals surface area contributed by atoms with Gasteiger partial charge in [0, 0.05) is 23.1 Å². The molecule has 0 aliphatic carbocycles. The van der Waals surface area contributed by atoms with Crippen molar-refractivity contribution in [3.8, 4) is 11.5 Å². The number of benzene rings is 2. The third-order valence-corrected chi connectivity index (χ3v) is 3.42. The van der Waals surface area contributed by atoms with Gasteiger partial charge >= 0.3 is 0 Å². The predicted molar refractivity (Wildman–Crippen MR) is 82.3 cm³/mol. The molecule has 0 spiro atoms. The summed E-state index contributed by atoms with van der Waals surface area (Å²) in [6, 6.07) is 16.0. The molecule has 0 aliphatic heterocycles. The third kappa shape index (κ3) is 2.40. The Morgan fingerprint density at radius 1 is 1.05 bits per heavy atom. The molecule has 0 amide bonds. The van der Waals surface area contributed by atoms with Crippen LogP contribution < -0.4 is 10.1 Å². The summed E-state index contributed by atoms with van der Waals surface area (Å²) in [6.45, 7) is 2.95. The van der Waals surface area contributed by atoms with Crippen molar-refractivity contribution >= 4 is 10.9 Å². The molecule has 3 heteroatoms. The van der Waals surface area contributed by atoms with E-state index in [1.54, 1.807) is 0 Å². The highest BCUT2D eigenvalue weighted by Crippen LogP contribution is 2.29. The molecule has 1 aromatic heterocycles. The second-order valence-corrected chi connectivity index (χ2v) is 4.88. The number of nitrogens with one attached hydrogen (secondary N) is 2. The minimum absolute atomic E-state index is 0.848. The number of hydrogen-bond donors (Lipinski definition) is 2. The summed E-state index contributed by atoms with van der Waals surface area (Å²) < 4.78 is 5.89. The lowest BCUT2D eigenvalue weighted by atomic mass is 10.1. The van der Waals surface area contributed by atoms with E-state index < -0.39 is 0 Å². The SMILES string of the molecule is CNCc1c(C)[nH]c2ccc(Oc3ccccc3)cc12. The summed E-state index contributed by atoms with van der Waals surface area (Å²) in [5.74, 6) is 1.72. The molecule has 0 saturated heterocycles. The van der Waals surface area contributed by atoms with Crippen molar-refractivity contribution in [3.63, 3.8) is 0 Å². The van der Waals surface area contributed by atoms with E-state index in [-0.39, 0.29) is 0 Å². The lowest BCUT2D eigenvalue weighted by molar-refractivity contribution is 0.483. The Balaban J connectivity index is 1.99. The van der Waals surface area contributed by atoms with E-state index in [0.717, 1.165) is 23.6 Å². The first-order chi connectivity index (χ1) is 9.78. The molecule has 0 bridgehead atoms. The number of aryl methyl sites for hydroxylation is 1. The van der Waals surface area contributed by atoms with Crippen LogP contribution in [0.5, 0.6) is 11.5 Å². The Hall–Kier alpha value is -2.26. The van der Waals surface area contributed by atoms with Gasteiger partial charge in [0.1, 0.15) is 11.5 Å². The summed E-state index contributed by atoms with van der Waals surface area (Å²) in [5.41, 5.74) is 3.64. The quantitative estimate of drug-likeness (QED) is 0.749. The molecular weight excluding hydrogens is 248 g/mol. The second-order valence-electron chi connectivity index (χ2n) is 4.88. The minimum Gasteiger partial charge on any atom is -0.457 e. The minimum atomic E-state index is 0.848. The van der Waals surface area contributed by atoms with Crippen LogP contribution >= 0.6 is 0 Å². The maximum Gasteiger partial charge on any atom is 0.128 e. The number of fused-ring (bicyclic) bond motifs is 1. The molecule has 0 aliphatic rings. The molecule has 3 nitrogen and oxygen atoms in total. The Kier molecular flexibility index (Phi) is 3.44. The number of para-hydroxylation sites is 1. The summed E-state index contributed by atoms with van der Waals surface area (Å²) in [5, 5.41) is 4.42. The van der Waals surface area contributed by atoms with Crippen LogP contribution in [-0.2, 0) is 6.54 Å². The Labute approximate surface area is 118 Å². The molecule has 0 fully saturated rings. The van der Waals surface area contributed by atoms with Gasteiger partial charge in [0.25, 0.3) is 0 Å². The van der Waals surface area contributed by atoms with Gasteiger partial charge in [0.05, 0.1) is 0 Å². The van der Waals surface area contributed by atoms with E-state index in [0.29, 0.717) is 0 Å². The Morgan fingerprint density at radius 2 is 1.85 bits per heavy atom. The predicted octanol–water partition coefficient (Wildman–Crippen LogP) is 3.99. The average Bonchev–Trinajstić information content (AvgIpc) is 2.77.